The highest BCUT2D eigenvalue weighted by atomic mass is 16.5. The summed E-state index contributed by atoms with van der Waals surface area (Å²) in [4.78, 5) is 14.6. The van der Waals surface area contributed by atoms with Gasteiger partial charge in [0.25, 0.3) is 0 Å². The summed E-state index contributed by atoms with van der Waals surface area (Å²) in [6.07, 6.45) is 4.59. The van der Waals surface area contributed by atoms with E-state index < -0.39 is 0 Å². The summed E-state index contributed by atoms with van der Waals surface area (Å²) >= 11 is 0. The number of nitrogens with one attached hydrogen (secondary N) is 1. The Balaban J connectivity index is 1.59. The molecule has 1 N–H and O–H groups in total. The number of methoxy groups -OCH3 is 1. The van der Waals surface area contributed by atoms with Gasteiger partial charge in [0.15, 0.2) is 5.82 Å². The first-order chi connectivity index (χ1) is 12.1. The fraction of sp³-hybridized carbons (Fsp3) is 0.474. The van der Waals surface area contributed by atoms with Crippen LogP contribution in [0.15, 0.2) is 36.5 Å². The lowest BCUT2D eigenvalue weighted by Gasteiger charge is -2.33. The molecule has 2 atom stereocenters. The quantitative estimate of drug-likeness (QED) is 0.874. The van der Waals surface area contributed by atoms with Crippen LogP contribution in [0.4, 0.5) is 5.82 Å². The van der Waals surface area contributed by atoms with Crippen molar-refractivity contribution in [3.63, 3.8) is 0 Å². The van der Waals surface area contributed by atoms with E-state index >= 15 is 0 Å². The lowest BCUT2D eigenvalue weighted by Crippen LogP contribution is -2.53. The van der Waals surface area contributed by atoms with Crippen molar-refractivity contribution < 1.29 is 9.53 Å². The predicted octanol–water partition coefficient (Wildman–Crippen LogP) is 2.14. The number of hydrogen-bond acceptors (Lipinski definition) is 4. The minimum atomic E-state index is -0.149. The minimum Gasteiger partial charge on any atom is -0.497 e. The number of benzene rings is 1. The van der Waals surface area contributed by atoms with Gasteiger partial charge in [-0.2, -0.15) is 5.10 Å². The Hall–Kier alpha value is -2.34. The molecular weight excluding hydrogens is 316 g/mol. The van der Waals surface area contributed by atoms with Gasteiger partial charge >= 0.3 is 0 Å². The van der Waals surface area contributed by atoms with Crippen LogP contribution in [0.1, 0.15) is 25.3 Å². The maximum absolute atomic E-state index is 12.8. The molecule has 0 saturated carbocycles. The van der Waals surface area contributed by atoms with E-state index in [1.807, 2.05) is 31.4 Å². The monoisotopic (exact) mass is 342 g/mol. The summed E-state index contributed by atoms with van der Waals surface area (Å²) in [5.74, 6) is 1.71. The van der Waals surface area contributed by atoms with E-state index in [0.29, 0.717) is 0 Å². The Bertz CT molecular complexity index is 710. The van der Waals surface area contributed by atoms with Gasteiger partial charge < -0.3 is 10.1 Å². The topological polar surface area (TPSA) is 59.4 Å². The number of nitrogens with zero attached hydrogens (tertiary/aromatic N) is 3. The van der Waals surface area contributed by atoms with Crippen LogP contribution in [-0.2, 0) is 18.3 Å². The summed E-state index contributed by atoms with van der Waals surface area (Å²) in [7, 11) is 3.53. The molecule has 1 aliphatic rings. The molecule has 1 aromatic heterocycles. The van der Waals surface area contributed by atoms with E-state index in [0.717, 1.165) is 37.4 Å². The van der Waals surface area contributed by atoms with E-state index in [1.54, 1.807) is 16.7 Å². The molecule has 0 aliphatic carbocycles. The molecule has 3 rings (SSSR count). The SMILES string of the molecule is COc1ccc(C[C@@H](C)N[C@H]2CCCN(c3ccn(C)n3)C2=O)cc1. The second-order valence-corrected chi connectivity index (χ2v) is 6.65. The van der Waals surface area contributed by atoms with Gasteiger partial charge in [0, 0.05) is 31.9 Å². The van der Waals surface area contributed by atoms with Crippen molar-refractivity contribution >= 4 is 11.7 Å². The molecule has 25 heavy (non-hydrogen) atoms. The summed E-state index contributed by atoms with van der Waals surface area (Å²) < 4.78 is 6.92. The Morgan fingerprint density at radius 3 is 2.72 bits per heavy atom. The fourth-order valence-electron chi connectivity index (χ4n) is 3.32. The minimum absolute atomic E-state index is 0.117. The molecule has 1 fully saturated rings. The molecule has 1 aromatic carbocycles. The number of aryl methyl sites for hydroxylation is 1. The first kappa shape index (κ1) is 17.5. The molecular formula is C19H26N4O2. The van der Waals surface area contributed by atoms with Gasteiger partial charge in [-0.3, -0.25) is 14.4 Å². The molecule has 0 bridgehead atoms. The molecule has 6 heteroatoms. The zero-order chi connectivity index (χ0) is 17.8. The largest absolute Gasteiger partial charge is 0.497 e. The highest BCUT2D eigenvalue weighted by molar-refractivity contribution is 5.97. The van der Waals surface area contributed by atoms with Crippen LogP contribution >= 0.6 is 0 Å². The smallest absolute Gasteiger partial charge is 0.245 e. The summed E-state index contributed by atoms with van der Waals surface area (Å²) in [6, 6.07) is 10.0. The number of rotatable bonds is 6. The number of carbonyl (C=O) groups is 1. The summed E-state index contributed by atoms with van der Waals surface area (Å²) in [5.41, 5.74) is 1.23. The van der Waals surface area contributed by atoms with E-state index in [4.69, 9.17) is 4.74 Å². The number of amides is 1. The lowest BCUT2D eigenvalue weighted by molar-refractivity contribution is -0.122. The number of ether oxygens (including phenoxy) is 1. The molecule has 134 valence electrons. The number of anilines is 1. The van der Waals surface area contributed by atoms with Crippen LogP contribution in [-0.4, -0.2) is 41.4 Å². The van der Waals surface area contributed by atoms with Crippen molar-refractivity contribution in [3.05, 3.63) is 42.1 Å². The van der Waals surface area contributed by atoms with Crippen molar-refractivity contribution in [3.8, 4) is 5.75 Å². The van der Waals surface area contributed by atoms with Crippen molar-refractivity contribution in [1.29, 1.82) is 0 Å². The van der Waals surface area contributed by atoms with Crippen molar-refractivity contribution in [1.82, 2.24) is 15.1 Å². The first-order valence-corrected chi connectivity index (χ1v) is 8.77. The third-order valence-corrected chi connectivity index (χ3v) is 4.60. The van der Waals surface area contributed by atoms with E-state index in [1.165, 1.54) is 5.56 Å². The van der Waals surface area contributed by atoms with Gasteiger partial charge in [-0.1, -0.05) is 12.1 Å². The maximum Gasteiger partial charge on any atom is 0.245 e. The molecule has 6 nitrogen and oxygen atoms in total. The van der Waals surface area contributed by atoms with Crippen LogP contribution in [0.3, 0.4) is 0 Å². The van der Waals surface area contributed by atoms with Gasteiger partial charge in [0.2, 0.25) is 5.91 Å². The second-order valence-electron chi connectivity index (χ2n) is 6.65. The predicted molar refractivity (Wildman–Crippen MR) is 97.9 cm³/mol. The van der Waals surface area contributed by atoms with Gasteiger partial charge in [-0.25, -0.2) is 0 Å². The zero-order valence-electron chi connectivity index (χ0n) is 15.1. The van der Waals surface area contributed by atoms with Crippen LogP contribution in [0.25, 0.3) is 0 Å². The Kier molecular flexibility index (Phi) is 5.38. The average Bonchev–Trinajstić information content (AvgIpc) is 3.03. The Morgan fingerprint density at radius 1 is 1.32 bits per heavy atom. The van der Waals surface area contributed by atoms with Crippen molar-refractivity contribution in [2.45, 2.75) is 38.3 Å². The molecule has 1 saturated heterocycles. The van der Waals surface area contributed by atoms with Crippen LogP contribution < -0.4 is 15.0 Å². The normalized spacial score (nSPS) is 19.1. The Morgan fingerprint density at radius 2 is 2.08 bits per heavy atom. The first-order valence-electron chi connectivity index (χ1n) is 8.77. The van der Waals surface area contributed by atoms with Gasteiger partial charge in [0.1, 0.15) is 5.75 Å². The number of carbonyl (C=O) groups excluding carboxylic acids is 1. The zero-order valence-corrected chi connectivity index (χ0v) is 15.1. The summed E-state index contributed by atoms with van der Waals surface area (Å²) in [5, 5.41) is 7.86. The molecule has 2 aromatic rings. The highest BCUT2D eigenvalue weighted by Crippen LogP contribution is 2.20. The van der Waals surface area contributed by atoms with E-state index in [2.05, 4.69) is 29.5 Å². The van der Waals surface area contributed by atoms with Crippen molar-refractivity contribution in [2.24, 2.45) is 7.05 Å². The van der Waals surface area contributed by atoms with Crippen LogP contribution in [0.5, 0.6) is 5.75 Å². The Labute approximate surface area is 148 Å². The number of aromatic nitrogens is 2. The molecule has 2 heterocycles. The van der Waals surface area contributed by atoms with Gasteiger partial charge in [-0.15, -0.1) is 0 Å². The maximum atomic E-state index is 12.8. The van der Waals surface area contributed by atoms with Crippen molar-refractivity contribution in [2.75, 3.05) is 18.6 Å². The standard InChI is InChI=1S/C19H26N4O2/c1-14(13-15-6-8-16(25-3)9-7-15)20-17-5-4-11-23(19(17)24)18-10-12-22(2)21-18/h6-10,12,14,17,20H,4-5,11,13H2,1-3H3/t14-,17+/m1/s1. The highest BCUT2D eigenvalue weighted by Gasteiger charge is 2.31. The van der Waals surface area contributed by atoms with Crippen LogP contribution in [0.2, 0.25) is 0 Å². The summed E-state index contributed by atoms with van der Waals surface area (Å²) in [6.45, 7) is 2.86. The van der Waals surface area contributed by atoms with Gasteiger partial charge in [0.05, 0.1) is 13.2 Å². The lowest BCUT2D eigenvalue weighted by atomic mass is 10.0. The number of piperidine rings is 1. The molecule has 0 unspecified atom stereocenters. The van der Waals surface area contributed by atoms with Gasteiger partial charge in [-0.05, 0) is 43.9 Å². The van der Waals surface area contributed by atoms with E-state index in [-0.39, 0.29) is 18.0 Å². The molecule has 0 spiro atoms. The second kappa shape index (κ2) is 7.70. The van der Waals surface area contributed by atoms with Crippen LogP contribution in [0, 0.1) is 0 Å². The molecule has 1 aliphatic heterocycles. The average molecular weight is 342 g/mol. The molecule has 0 radical (unpaired) electrons. The third-order valence-electron chi connectivity index (χ3n) is 4.60. The fourth-order valence-corrected chi connectivity index (χ4v) is 3.32. The van der Waals surface area contributed by atoms with E-state index in [9.17, 15) is 4.79 Å². The number of hydrogen-bond donors (Lipinski definition) is 1. The molecule has 1 amide bonds. The third kappa shape index (κ3) is 4.20.